The van der Waals surface area contributed by atoms with Gasteiger partial charge in [-0.1, -0.05) is 332 Å². The van der Waals surface area contributed by atoms with E-state index in [4.69, 9.17) is 13.8 Å². The molecule has 0 bridgehead atoms. The summed E-state index contributed by atoms with van der Waals surface area (Å²) in [4.78, 5) is 37.9. The second-order valence-corrected chi connectivity index (χ2v) is 27.5. The minimum atomic E-state index is -4.46. The predicted molar refractivity (Wildman–Crippen MR) is 374 cm³/mol. The molecule has 0 radical (unpaired) electrons. The van der Waals surface area contributed by atoms with E-state index in [0.717, 1.165) is 103 Å². The molecule has 502 valence electrons. The van der Waals surface area contributed by atoms with Crippen molar-refractivity contribution in [2.24, 2.45) is 0 Å². The van der Waals surface area contributed by atoms with Gasteiger partial charge in [0.25, 0.3) is 0 Å². The summed E-state index contributed by atoms with van der Waals surface area (Å²) in [5.41, 5.74) is 0. The van der Waals surface area contributed by atoms with Gasteiger partial charge in [-0.2, -0.15) is 0 Å². The Morgan fingerprint density at radius 1 is 0.419 bits per heavy atom. The van der Waals surface area contributed by atoms with Gasteiger partial charge in [0.2, 0.25) is 5.91 Å². The molecule has 86 heavy (non-hydrogen) atoms. The second kappa shape index (κ2) is 65.4. The lowest BCUT2D eigenvalue weighted by Gasteiger charge is -2.27. The fourth-order valence-corrected chi connectivity index (χ4v) is 11.5. The van der Waals surface area contributed by atoms with E-state index in [0.29, 0.717) is 17.4 Å². The number of phosphoric acid groups is 1. The number of ether oxygens (including phenoxy) is 1. The standard InChI is InChI=1S/C76H141N2O7P/c1-7-10-13-16-19-22-25-28-30-32-34-36-38-39-41-43-45-47-49-51-54-57-60-63-66-69-76(80)85-74(67-64-61-58-55-52-27-24-21-18-15-12-9-3)73(72-84-86(81,82)83-71-70-78(4,5)6)77-75(79)68-65-62-59-56-53-50-48-46-44-42-40-37-35-33-31-29-26-23-20-17-14-11-8-2/h10,13,19,22,28,30,34,36,39,41,64,67,73-74H,7-9,11-12,14-18,20-21,23-27,29,31-33,35,37-38,40,42-63,65-66,68-72H2,1-6H3,(H-,77,79,81,82)/p+1/b13-10-,22-19-,30-28-,36-34-,41-39-,67-64+. The Bertz CT molecular complexity index is 1700. The van der Waals surface area contributed by atoms with Crippen molar-refractivity contribution in [2.75, 3.05) is 40.9 Å². The number of phosphoric ester groups is 1. The first-order valence-electron chi connectivity index (χ1n) is 36.8. The number of hydrogen-bond acceptors (Lipinski definition) is 6. The number of nitrogens with one attached hydrogen (secondary N) is 1. The molecule has 0 aliphatic rings. The Morgan fingerprint density at radius 3 is 1.12 bits per heavy atom. The van der Waals surface area contributed by atoms with Gasteiger partial charge >= 0.3 is 13.8 Å². The third kappa shape index (κ3) is 65.9. The van der Waals surface area contributed by atoms with Crippen LogP contribution in [0, 0.1) is 0 Å². The van der Waals surface area contributed by atoms with Crippen molar-refractivity contribution in [1.82, 2.24) is 5.32 Å². The quantitative estimate of drug-likeness (QED) is 0.0205. The molecule has 10 heteroatoms. The van der Waals surface area contributed by atoms with Crippen LogP contribution in [0.5, 0.6) is 0 Å². The van der Waals surface area contributed by atoms with Gasteiger partial charge < -0.3 is 19.4 Å². The molecule has 9 nitrogen and oxygen atoms in total. The van der Waals surface area contributed by atoms with Crippen LogP contribution < -0.4 is 5.32 Å². The van der Waals surface area contributed by atoms with E-state index >= 15 is 0 Å². The summed E-state index contributed by atoms with van der Waals surface area (Å²) < 4.78 is 30.9. The van der Waals surface area contributed by atoms with Crippen LogP contribution in [-0.2, 0) is 27.9 Å². The number of quaternary nitrogens is 1. The van der Waals surface area contributed by atoms with Crippen LogP contribution in [0.4, 0.5) is 0 Å². The van der Waals surface area contributed by atoms with Crippen molar-refractivity contribution in [3.05, 3.63) is 72.9 Å². The van der Waals surface area contributed by atoms with Crippen molar-refractivity contribution in [1.29, 1.82) is 0 Å². The lowest BCUT2D eigenvalue weighted by atomic mass is 10.0. The van der Waals surface area contributed by atoms with Gasteiger partial charge in [0.15, 0.2) is 0 Å². The highest BCUT2D eigenvalue weighted by Crippen LogP contribution is 2.43. The first-order chi connectivity index (χ1) is 41.9. The van der Waals surface area contributed by atoms with E-state index in [1.165, 1.54) is 212 Å². The Hall–Kier alpha value is -2.55. The number of unbranched alkanes of at least 4 members (excludes halogenated alkanes) is 41. The number of nitrogens with zero attached hydrogens (tertiary/aromatic N) is 1. The first-order valence-corrected chi connectivity index (χ1v) is 38.3. The SMILES string of the molecule is CC/C=C\C/C=C\C/C=C\C/C=C\C/C=C\CCCCCCCCCCCC(=O)OC(/C=C/CCCCCCCCCCCC)C(COP(=O)(O)OCC[N+](C)(C)C)NC(=O)CCCCCCCCCCCCCCCCCCCCCCCCC. The third-order valence-electron chi connectivity index (χ3n) is 16.4. The summed E-state index contributed by atoms with van der Waals surface area (Å²) in [6.45, 7) is 6.94. The van der Waals surface area contributed by atoms with Gasteiger partial charge in [0.1, 0.15) is 19.3 Å². The topological polar surface area (TPSA) is 111 Å². The minimum Gasteiger partial charge on any atom is -0.456 e. The van der Waals surface area contributed by atoms with Gasteiger partial charge in [-0.3, -0.25) is 18.6 Å². The third-order valence-corrected chi connectivity index (χ3v) is 17.4. The Morgan fingerprint density at radius 2 is 0.744 bits per heavy atom. The molecular weight excluding hydrogens is 1080 g/mol. The minimum absolute atomic E-state index is 0.0391. The van der Waals surface area contributed by atoms with E-state index in [2.05, 4.69) is 86.8 Å². The fraction of sp³-hybridized carbons (Fsp3) is 0.816. The van der Waals surface area contributed by atoms with Crippen LogP contribution in [0.3, 0.4) is 0 Å². The predicted octanol–water partition coefficient (Wildman–Crippen LogP) is 23.5. The first kappa shape index (κ1) is 83.5. The molecule has 0 aromatic carbocycles. The second-order valence-electron chi connectivity index (χ2n) is 26.1. The summed E-state index contributed by atoms with van der Waals surface area (Å²) in [7, 11) is 1.50. The normalized spacial score (nSPS) is 13.9. The van der Waals surface area contributed by atoms with Gasteiger partial charge in [0.05, 0.1) is 33.8 Å². The monoisotopic (exact) mass is 1230 g/mol. The zero-order valence-corrected chi connectivity index (χ0v) is 58.5. The molecule has 0 spiro atoms. The summed E-state index contributed by atoms with van der Waals surface area (Å²) in [5, 5.41) is 3.08. The number of carbonyl (C=O) groups is 2. The van der Waals surface area contributed by atoms with E-state index in [1.54, 1.807) is 0 Å². The lowest BCUT2D eigenvalue weighted by Crippen LogP contribution is -2.47. The lowest BCUT2D eigenvalue weighted by molar-refractivity contribution is -0.870. The van der Waals surface area contributed by atoms with Gasteiger partial charge in [-0.05, 0) is 76.7 Å². The molecule has 0 aliphatic carbocycles. The highest BCUT2D eigenvalue weighted by atomic mass is 31.2. The Kier molecular flexibility index (Phi) is 63.5. The zero-order valence-electron chi connectivity index (χ0n) is 57.6. The van der Waals surface area contributed by atoms with Crippen molar-refractivity contribution in [3.8, 4) is 0 Å². The van der Waals surface area contributed by atoms with Crippen LogP contribution in [0.15, 0.2) is 72.9 Å². The summed E-state index contributed by atoms with van der Waals surface area (Å²) in [6.07, 6.45) is 86.3. The number of hydrogen-bond donors (Lipinski definition) is 2. The molecule has 0 rings (SSSR count). The van der Waals surface area contributed by atoms with Crippen LogP contribution in [0.25, 0.3) is 0 Å². The number of amides is 1. The zero-order chi connectivity index (χ0) is 62.8. The molecule has 0 aliphatic heterocycles. The molecule has 3 unspecified atom stereocenters. The molecule has 0 aromatic heterocycles. The smallest absolute Gasteiger partial charge is 0.456 e. The van der Waals surface area contributed by atoms with Crippen molar-refractivity contribution in [2.45, 2.75) is 360 Å². The van der Waals surface area contributed by atoms with Crippen LogP contribution in [0.2, 0.25) is 0 Å². The van der Waals surface area contributed by atoms with Crippen LogP contribution in [0.1, 0.15) is 348 Å². The molecule has 0 saturated heterocycles. The highest BCUT2D eigenvalue weighted by molar-refractivity contribution is 7.47. The van der Waals surface area contributed by atoms with Crippen molar-refractivity contribution >= 4 is 19.7 Å². The Labute approximate surface area is 533 Å². The maximum atomic E-state index is 13.6. The molecule has 3 atom stereocenters. The molecule has 0 saturated carbocycles. The number of carbonyl (C=O) groups excluding carboxylic acids is 2. The molecule has 2 N–H and O–H groups in total. The number of esters is 1. The average Bonchev–Trinajstić information content (AvgIpc) is 3.65. The summed E-state index contributed by atoms with van der Waals surface area (Å²) >= 11 is 0. The van der Waals surface area contributed by atoms with E-state index in [-0.39, 0.29) is 31.5 Å². The van der Waals surface area contributed by atoms with Gasteiger partial charge in [0, 0.05) is 12.8 Å². The fourth-order valence-electron chi connectivity index (χ4n) is 10.8. The summed E-state index contributed by atoms with van der Waals surface area (Å²) in [5.74, 6) is -0.498. The van der Waals surface area contributed by atoms with Gasteiger partial charge in [-0.25, -0.2) is 4.57 Å². The van der Waals surface area contributed by atoms with Crippen molar-refractivity contribution < 1.29 is 37.3 Å². The average molecular weight is 1230 g/mol. The number of rotatable bonds is 67. The van der Waals surface area contributed by atoms with E-state index < -0.39 is 20.0 Å². The van der Waals surface area contributed by atoms with Crippen LogP contribution >= 0.6 is 7.82 Å². The van der Waals surface area contributed by atoms with E-state index in [1.807, 2.05) is 33.3 Å². The molecule has 0 fully saturated rings. The van der Waals surface area contributed by atoms with Crippen molar-refractivity contribution in [3.63, 3.8) is 0 Å². The van der Waals surface area contributed by atoms with Gasteiger partial charge in [-0.15, -0.1) is 0 Å². The molecular formula is C76H142N2O7P+. The maximum absolute atomic E-state index is 13.6. The highest BCUT2D eigenvalue weighted by Gasteiger charge is 2.30. The molecule has 0 heterocycles. The summed E-state index contributed by atoms with van der Waals surface area (Å²) in [6, 6.07) is -0.852. The van der Waals surface area contributed by atoms with Crippen LogP contribution in [-0.4, -0.2) is 74.3 Å². The largest absolute Gasteiger partial charge is 0.472 e. The molecule has 1 amide bonds. The number of likely N-dealkylation sites (N-methyl/N-ethyl adjacent to an activating group) is 1. The maximum Gasteiger partial charge on any atom is 0.472 e. The molecule has 0 aromatic rings. The number of allylic oxidation sites excluding steroid dienone is 11. The Balaban J connectivity index is 5.03. The van der Waals surface area contributed by atoms with E-state index in [9.17, 15) is 19.0 Å².